The molecule has 15 heavy (non-hydrogen) atoms. The number of benzene rings is 1. The van der Waals surface area contributed by atoms with Gasteiger partial charge in [-0.15, -0.1) is 0 Å². The van der Waals surface area contributed by atoms with Crippen LogP contribution in [-0.2, 0) is 0 Å². The van der Waals surface area contributed by atoms with Crippen molar-refractivity contribution in [3.63, 3.8) is 0 Å². The molecule has 1 heteroatoms. The van der Waals surface area contributed by atoms with Crippen LogP contribution in [0.5, 0.6) is 0 Å². The van der Waals surface area contributed by atoms with Crippen LogP contribution in [-0.4, -0.2) is 0 Å². The maximum absolute atomic E-state index is 4.14. The lowest BCUT2D eigenvalue weighted by molar-refractivity contribution is 0.679. The summed E-state index contributed by atoms with van der Waals surface area (Å²) < 4.78 is 1.13. The Morgan fingerprint density at radius 2 is 1.80 bits per heavy atom. The molecule has 0 bridgehead atoms. The van der Waals surface area contributed by atoms with Gasteiger partial charge >= 0.3 is 0 Å². The molecule has 82 valence electrons. The molecular formula is C14H19Br. The van der Waals surface area contributed by atoms with E-state index in [1.54, 1.807) is 0 Å². The molecular weight excluding hydrogens is 248 g/mol. The van der Waals surface area contributed by atoms with Gasteiger partial charge in [0.15, 0.2) is 0 Å². The third-order valence-corrected chi connectivity index (χ3v) is 3.11. The van der Waals surface area contributed by atoms with Gasteiger partial charge in [-0.25, -0.2) is 0 Å². The maximum Gasteiger partial charge on any atom is 0.0175 e. The maximum atomic E-state index is 4.14. The van der Waals surface area contributed by atoms with Gasteiger partial charge in [-0.2, -0.15) is 0 Å². The van der Waals surface area contributed by atoms with E-state index in [0.717, 1.165) is 10.9 Å². The van der Waals surface area contributed by atoms with E-state index in [1.807, 2.05) is 0 Å². The molecule has 0 saturated carbocycles. The molecule has 1 aromatic carbocycles. The molecule has 0 spiro atoms. The van der Waals surface area contributed by atoms with Crippen molar-refractivity contribution in [2.45, 2.75) is 39.0 Å². The summed E-state index contributed by atoms with van der Waals surface area (Å²) >= 11 is 3.44. The first kappa shape index (κ1) is 12.5. The molecule has 0 aliphatic rings. The van der Waals surface area contributed by atoms with Crippen LogP contribution >= 0.6 is 15.9 Å². The second-order valence-electron chi connectivity index (χ2n) is 3.92. The third kappa shape index (κ3) is 4.65. The number of unbranched alkanes of at least 4 members (excludes halogenated alkanes) is 3. The van der Waals surface area contributed by atoms with Crippen LogP contribution in [0.15, 0.2) is 35.3 Å². The minimum absolute atomic E-state index is 1.13. The first-order valence-corrected chi connectivity index (χ1v) is 6.47. The van der Waals surface area contributed by atoms with E-state index in [4.69, 9.17) is 0 Å². The Morgan fingerprint density at radius 1 is 1.13 bits per heavy atom. The lowest BCUT2D eigenvalue weighted by Gasteiger charge is -2.05. The molecule has 0 N–H and O–H groups in total. The number of halogens is 1. The lowest BCUT2D eigenvalue weighted by Crippen LogP contribution is -1.84. The molecule has 0 nitrogen and oxygen atoms in total. The number of hydrogen-bond donors (Lipinski definition) is 0. The van der Waals surface area contributed by atoms with Gasteiger partial charge < -0.3 is 0 Å². The summed E-state index contributed by atoms with van der Waals surface area (Å²) in [7, 11) is 0. The van der Waals surface area contributed by atoms with Crippen molar-refractivity contribution in [2.75, 3.05) is 0 Å². The standard InChI is InChI=1S/C14H19Br/c1-3-4-5-6-7-12(2)13-8-10-14(15)11-9-13/h8-11H,2-7H2,1H3. The van der Waals surface area contributed by atoms with Crippen LogP contribution in [0, 0.1) is 0 Å². The molecule has 0 heterocycles. The van der Waals surface area contributed by atoms with Gasteiger partial charge in [0.1, 0.15) is 0 Å². The smallest absolute Gasteiger partial charge is 0.0175 e. The Hall–Kier alpha value is -0.560. The highest BCUT2D eigenvalue weighted by atomic mass is 79.9. The van der Waals surface area contributed by atoms with Crippen LogP contribution in [0.1, 0.15) is 44.6 Å². The van der Waals surface area contributed by atoms with Gasteiger partial charge in [0, 0.05) is 4.47 Å². The quantitative estimate of drug-likeness (QED) is 0.602. The first-order valence-electron chi connectivity index (χ1n) is 5.67. The van der Waals surface area contributed by atoms with Crippen LogP contribution in [0.2, 0.25) is 0 Å². The summed E-state index contributed by atoms with van der Waals surface area (Å²) in [5.41, 5.74) is 2.54. The molecule has 0 amide bonds. The van der Waals surface area contributed by atoms with Gasteiger partial charge in [-0.05, 0) is 36.1 Å². The van der Waals surface area contributed by atoms with E-state index in [0.29, 0.717) is 0 Å². The molecule has 0 unspecified atom stereocenters. The summed E-state index contributed by atoms with van der Waals surface area (Å²) in [4.78, 5) is 0. The minimum Gasteiger partial charge on any atom is -0.0952 e. The Balaban J connectivity index is 2.37. The topological polar surface area (TPSA) is 0 Å². The molecule has 0 aliphatic heterocycles. The highest BCUT2D eigenvalue weighted by Crippen LogP contribution is 2.21. The summed E-state index contributed by atoms with van der Waals surface area (Å²) in [6.45, 7) is 6.38. The molecule has 0 radical (unpaired) electrons. The van der Waals surface area contributed by atoms with E-state index in [1.165, 1.54) is 36.8 Å². The zero-order valence-corrected chi connectivity index (χ0v) is 11.0. The van der Waals surface area contributed by atoms with Crippen molar-refractivity contribution in [2.24, 2.45) is 0 Å². The molecule has 0 aliphatic carbocycles. The summed E-state index contributed by atoms with van der Waals surface area (Å²) in [6.07, 6.45) is 6.36. The predicted octanol–water partition coefficient (Wildman–Crippen LogP) is 5.43. The van der Waals surface area contributed by atoms with E-state index in [2.05, 4.69) is 53.7 Å². The van der Waals surface area contributed by atoms with Crippen LogP contribution < -0.4 is 0 Å². The third-order valence-electron chi connectivity index (χ3n) is 2.58. The molecule has 0 aromatic heterocycles. The largest absolute Gasteiger partial charge is 0.0952 e. The van der Waals surface area contributed by atoms with Gasteiger partial charge in [0.2, 0.25) is 0 Å². The molecule has 1 rings (SSSR count). The molecule has 0 fully saturated rings. The first-order chi connectivity index (χ1) is 7.24. The van der Waals surface area contributed by atoms with E-state index in [-0.39, 0.29) is 0 Å². The normalized spacial score (nSPS) is 10.3. The second kappa shape index (κ2) is 6.84. The Kier molecular flexibility index (Phi) is 5.70. The van der Waals surface area contributed by atoms with Crippen LogP contribution in [0.3, 0.4) is 0 Å². The fourth-order valence-electron chi connectivity index (χ4n) is 1.60. The van der Waals surface area contributed by atoms with Gasteiger partial charge in [-0.3, -0.25) is 0 Å². The number of rotatable bonds is 6. The molecule has 0 saturated heterocycles. The molecule has 1 aromatic rings. The monoisotopic (exact) mass is 266 g/mol. The summed E-state index contributed by atoms with van der Waals surface area (Å²) in [5, 5.41) is 0. The van der Waals surface area contributed by atoms with Crippen molar-refractivity contribution in [1.29, 1.82) is 0 Å². The highest BCUT2D eigenvalue weighted by Gasteiger charge is 1.98. The fraction of sp³-hybridized carbons (Fsp3) is 0.429. The van der Waals surface area contributed by atoms with Crippen molar-refractivity contribution in [1.82, 2.24) is 0 Å². The van der Waals surface area contributed by atoms with Crippen molar-refractivity contribution in [3.8, 4) is 0 Å². The fourth-order valence-corrected chi connectivity index (χ4v) is 1.86. The van der Waals surface area contributed by atoms with Gasteiger partial charge in [0.05, 0.1) is 0 Å². The van der Waals surface area contributed by atoms with Crippen LogP contribution in [0.4, 0.5) is 0 Å². The zero-order valence-electron chi connectivity index (χ0n) is 9.43. The average Bonchev–Trinajstić information content (AvgIpc) is 2.25. The minimum atomic E-state index is 1.13. The van der Waals surface area contributed by atoms with E-state index < -0.39 is 0 Å². The lowest BCUT2D eigenvalue weighted by atomic mass is 10.0. The number of allylic oxidation sites excluding steroid dienone is 1. The van der Waals surface area contributed by atoms with Crippen molar-refractivity contribution in [3.05, 3.63) is 40.9 Å². The van der Waals surface area contributed by atoms with Crippen molar-refractivity contribution < 1.29 is 0 Å². The molecule has 0 atom stereocenters. The van der Waals surface area contributed by atoms with Crippen molar-refractivity contribution >= 4 is 21.5 Å². The summed E-state index contributed by atoms with van der Waals surface area (Å²) in [6, 6.07) is 8.41. The van der Waals surface area contributed by atoms with E-state index in [9.17, 15) is 0 Å². The number of hydrogen-bond acceptors (Lipinski definition) is 0. The zero-order chi connectivity index (χ0) is 11.1. The Labute approximate surface area is 102 Å². The van der Waals surface area contributed by atoms with Gasteiger partial charge in [0.25, 0.3) is 0 Å². The van der Waals surface area contributed by atoms with Gasteiger partial charge in [-0.1, -0.05) is 60.8 Å². The summed E-state index contributed by atoms with van der Waals surface area (Å²) in [5.74, 6) is 0. The average molecular weight is 267 g/mol. The highest BCUT2D eigenvalue weighted by molar-refractivity contribution is 9.10. The Morgan fingerprint density at radius 3 is 2.40 bits per heavy atom. The van der Waals surface area contributed by atoms with E-state index >= 15 is 0 Å². The second-order valence-corrected chi connectivity index (χ2v) is 4.84. The Bertz CT molecular complexity index is 298. The van der Waals surface area contributed by atoms with Crippen LogP contribution in [0.25, 0.3) is 5.57 Å². The predicted molar refractivity (Wildman–Crippen MR) is 71.9 cm³/mol. The SMILES string of the molecule is C=C(CCCCCC)c1ccc(Br)cc1.